The molecule has 0 bridgehead atoms. The standard InChI is InChI=1S/C74H76N4O4/c1-71(2,3)63-21-13-17-51(67(63)79)43-75-55-33-25-47(26-34-55)59-41-61(49-29-37-57(38-30-49)77-45-53-19-15-23-65(69(53)81)73(7,8)9)62(50-31-39-58(40-32-50)78-46-54-20-16-24-66(70(54)82)74(10,11)12)42-60(59)48-27-35-56(36-28-48)76-44-52-18-14-22-64(68(52)80)72(4,5)6/h13-19,21-46,54,79-82H,20H2,1-12H3. The van der Waals surface area contributed by atoms with E-state index in [4.69, 9.17) is 20.0 Å². The molecule has 1 aliphatic carbocycles. The lowest BCUT2D eigenvalue weighted by molar-refractivity contribution is 0.336. The minimum atomic E-state index is -0.233. The van der Waals surface area contributed by atoms with Gasteiger partial charge in [-0.05, 0) is 174 Å². The normalized spacial score (nSPS) is 14.6. The van der Waals surface area contributed by atoms with Gasteiger partial charge in [0.25, 0.3) is 0 Å². The molecule has 0 radical (unpaired) electrons. The first kappa shape index (κ1) is 57.8. The van der Waals surface area contributed by atoms with Crippen molar-refractivity contribution in [2.24, 2.45) is 31.3 Å². The van der Waals surface area contributed by atoms with E-state index in [0.29, 0.717) is 28.9 Å². The van der Waals surface area contributed by atoms with Crippen molar-refractivity contribution in [1.82, 2.24) is 0 Å². The number of nitrogens with zero attached hydrogens (tertiary/aromatic N) is 4. The van der Waals surface area contributed by atoms with E-state index in [1.807, 2.05) is 115 Å². The fourth-order valence-electron chi connectivity index (χ4n) is 10.4. The molecule has 1 atom stereocenters. The highest BCUT2D eigenvalue weighted by atomic mass is 16.3. The Kier molecular flexibility index (Phi) is 16.4. The average molecular weight is 1090 g/mol. The number of phenolic OH excluding ortho intramolecular Hbond substituents is 3. The molecule has 4 N–H and O–H groups in total. The topological polar surface area (TPSA) is 130 Å². The van der Waals surface area contributed by atoms with Crippen LogP contribution in [0.15, 0.2) is 207 Å². The van der Waals surface area contributed by atoms with Crippen LogP contribution in [0.25, 0.3) is 44.5 Å². The molecular formula is C74H76N4O4. The highest BCUT2D eigenvalue weighted by Gasteiger charge is 2.27. The van der Waals surface area contributed by atoms with E-state index < -0.39 is 0 Å². The molecule has 8 heteroatoms. The van der Waals surface area contributed by atoms with Gasteiger partial charge in [-0.1, -0.05) is 180 Å². The van der Waals surface area contributed by atoms with Crippen LogP contribution in [-0.2, 0) is 16.2 Å². The lowest BCUT2D eigenvalue weighted by Crippen LogP contribution is -2.18. The third kappa shape index (κ3) is 13.1. The fourth-order valence-corrected chi connectivity index (χ4v) is 10.4. The molecule has 9 rings (SSSR count). The number of phenols is 3. The molecule has 1 unspecified atom stereocenters. The predicted octanol–water partition coefficient (Wildman–Crippen LogP) is 19.8. The van der Waals surface area contributed by atoms with Crippen molar-refractivity contribution in [3.63, 3.8) is 0 Å². The van der Waals surface area contributed by atoms with Crippen LogP contribution in [0.3, 0.4) is 0 Å². The zero-order valence-corrected chi connectivity index (χ0v) is 49.4. The van der Waals surface area contributed by atoms with Crippen molar-refractivity contribution < 1.29 is 20.4 Å². The number of para-hydroxylation sites is 3. The lowest BCUT2D eigenvalue weighted by atomic mass is 9.80. The highest BCUT2D eigenvalue weighted by molar-refractivity contribution is 5.96. The molecule has 0 spiro atoms. The predicted molar refractivity (Wildman–Crippen MR) is 345 cm³/mol. The van der Waals surface area contributed by atoms with Crippen LogP contribution >= 0.6 is 0 Å². The second-order valence-corrected chi connectivity index (χ2v) is 25.5. The Morgan fingerprint density at radius 2 is 0.659 bits per heavy atom. The Labute approximate surface area is 485 Å². The van der Waals surface area contributed by atoms with Crippen LogP contribution in [0.5, 0.6) is 17.2 Å². The summed E-state index contributed by atoms with van der Waals surface area (Å²) in [5, 5.41) is 44.9. The molecule has 0 saturated heterocycles. The number of hydrogen-bond donors (Lipinski definition) is 4. The Morgan fingerprint density at radius 3 is 0.939 bits per heavy atom. The Morgan fingerprint density at radius 1 is 0.366 bits per heavy atom. The molecule has 1 aliphatic rings. The monoisotopic (exact) mass is 1080 g/mol. The minimum absolute atomic E-state index is 0.194. The number of aliphatic hydroxyl groups excluding tert-OH is 1. The number of aliphatic hydroxyl groups is 1. The molecular weight excluding hydrogens is 1010 g/mol. The van der Waals surface area contributed by atoms with Gasteiger partial charge in [0.2, 0.25) is 0 Å². The van der Waals surface area contributed by atoms with Crippen LogP contribution in [0.4, 0.5) is 22.7 Å². The van der Waals surface area contributed by atoms with Crippen LogP contribution in [-0.4, -0.2) is 45.3 Å². The van der Waals surface area contributed by atoms with Crippen molar-refractivity contribution in [3.8, 4) is 61.8 Å². The third-order valence-electron chi connectivity index (χ3n) is 15.1. The third-order valence-corrected chi connectivity index (χ3v) is 15.1. The number of aromatic hydroxyl groups is 3. The molecule has 416 valence electrons. The molecule has 0 amide bonds. The second kappa shape index (κ2) is 23.3. The Bertz CT molecular complexity index is 3810. The van der Waals surface area contributed by atoms with Crippen LogP contribution in [0.1, 0.15) is 123 Å². The molecule has 8 nitrogen and oxygen atoms in total. The number of allylic oxidation sites excluding steroid dienone is 4. The van der Waals surface area contributed by atoms with Crippen LogP contribution in [0, 0.1) is 11.3 Å². The van der Waals surface area contributed by atoms with Crippen molar-refractivity contribution in [2.75, 3.05) is 0 Å². The summed E-state index contributed by atoms with van der Waals surface area (Å²) < 4.78 is 0. The van der Waals surface area contributed by atoms with Gasteiger partial charge in [0.15, 0.2) is 0 Å². The molecule has 0 aromatic heterocycles. The molecule has 0 heterocycles. The van der Waals surface area contributed by atoms with E-state index in [2.05, 4.69) is 150 Å². The summed E-state index contributed by atoms with van der Waals surface area (Å²) in [5.74, 6) is 0.848. The molecule has 8 aromatic carbocycles. The number of rotatable bonds is 12. The van der Waals surface area contributed by atoms with E-state index in [-0.39, 0.29) is 44.8 Å². The number of hydrogen-bond acceptors (Lipinski definition) is 8. The summed E-state index contributed by atoms with van der Waals surface area (Å²) in [7, 11) is 0. The highest BCUT2D eigenvalue weighted by Crippen LogP contribution is 2.45. The first-order chi connectivity index (χ1) is 38.8. The first-order valence-corrected chi connectivity index (χ1v) is 28.2. The van der Waals surface area contributed by atoms with Gasteiger partial charge in [0, 0.05) is 41.5 Å². The molecule has 82 heavy (non-hydrogen) atoms. The maximum atomic E-state index is 11.3. The largest absolute Gasteiger partial charge is 0.511 e. The van der Waals surface area contributed by atoms with Gasteiger partial charge < -0.3 is 20.4 Å². The summed E-state index contributed by atoms with van der Waals surface area (Å²) in [6.45, 7) is 25.1. The summed E-state index contributed by atoms with van der Waals surface area (Å²) >= 11 is 0. The average Bonchev–Trinajstić information content (AvgIpc) is 3.54. The second-order valence-electron chi connectivity index (χ2n) is 25.5. The van der Waals surface area contributed by atoms with Gasteiger partial charge in [0.05, 0.1) is 28.7 Å². The van der Waals surface area contributed by atoms with Gasteiger partial charge in [-0.15, -0.1) is 0 Å². The van der Waals surface area contributed by atoms with Crippen molar-refractivity contribution in [2.45, 2.75) is 106 Å². The summed E-state index contributed by atoms with van der Waals surface area (Å²) in [6, 6.07) is 54.7. The smallest absolute Gasteiger partial charge is 0.128 e. The Hall–Kier alpha value is -8.88. The van der Waals surface area contributed by atoms with E-state index in [1.54, 1.807) is 18.6 Å². The zero-order valence-electron chi connectivity index (χ0n) is 49.4. The molecule has 8 aromatic rings. The van der Waals surface area contributed by atoms with Crippen molar-refractivity contribution in [3.05, 3.63) is 221 Å². The van der Waals surface area contributed by atoms with Gasteiger partial charge in [-0.2, -0.15) is 0 Å². The van der Waals surface area contributed by atoms with E-state index >= 15 is 0 Å². The molecule has 0 fully saturated rings. The first-order valence-electron chi connectivity index (χ1n) is 28.2. The number of benzene rings is 8. The van der Waals surface area contributed by atoms with Crippen LogP contribution < -0.4 is 0 Å². The van der Waals surface area contributed by atoms with Gasteiger partial charge in [-0.3, -0.25) is 20.0 Å². The van der Waals surface area contributed by atoms with Crippen LogP contribution in [0.2, 0.25) is 0 Å². The lowest BCUT2D eigenvalue weighted by Gasteiger charge is -2.27. The summed E-state index contributed by atoms with van der Waals surface area (Å²) in [6.07, 6.45) is 11.8. The zero-order chi connectivity index (χ0) is 58.7. The number of aliphatic imine (C=N–C) groups is 4. The molecule has 0 saturated carbocycles. The van der Waals surface area contributed by atoms with E-state index in [0.717, 1.165) is 89.5 Å². The minimum Gasteiger partial charge on any atom is -0.511 e. The van der Waals surface area contributed by atoms with Gasteiger partial charge in [-0.25, -0.2) is 0 Å². The maximum absolute atomic E-state index is 11.3. The molecule has 0 aliphatic heterocycles. The van der Waals surface area contributed by atoms with Crippen molar-refractivity contribution in [1.29, 1.82) is 0 Å². The van der Waals surface area contributed by atoms with Gasteiger partial charge in [0.1, 0.15) is 23.0 Å². The maximum Gasteiger partial charge on any atom is 0.128 e. The van der Waals surface area contributed by atoms with E-state index in [1.165, 1.54) is 0 Å². The van der Waals surface area contributed by atoms with Crippen molar-refractivity contribution >= 4 is 47.6 Å². The SMILES string of the molecule is CC(C)(C)C1=C(O)C(C=Nc2ccc(-c3cc(-c4ccc(N=Cc5cccc(C(C)(C)C)c5O)cc4)c(-c4ccc(N=Cc5cccc(C(C)(C)C)c5O)cc4)cc3-c3ccc(N=Cc4cccc(C(C)(C)C)c4O)cc3)cc2)CC=C1. The van der Waals surface area contributed by atoms with Gasteiger partial charge >= 0.3 is 0 Å². The quantitative estimate of drug-likeness (QED) is 0.0908. The van der Waals surface area contributed by atoms with E-state index in [9.17, 15) is 20.4 Å². The summed E-state index contributed by atoms with van der Waals surface area (Å²) in [4.78, 5) is 19.4. The Balaban J connectivity index is 1.15. The summed E-state index contributed by atoms with van der Waals surface area (Å²) in [5.41, 5.74) is 15.5. The fraction of sp³-hybridized carbons (Fsp3) is 0.243.